The van der Waals surface area contributed by atoms with Crippen molar-refractivity contribution in [2.45, 2.75) is 0 Å². The Morgan fingerprint density at radius 2 is 1.02 bits per heavy atom. The third-order valence-electron chi connectivity index (χ3n) is 8.57. The molecule has 3 aromatic heterocycles. The van der Waals surface area contributed by atoms with Crippen LogP contribution in [0.1, 0.15) is 0 Å². The summed E-state index contributed by atoms with van der Waals surface area (Å²) < 4.78 is 4.87. The van der Waals surface area contributed by atoms with Crippen molar-refractivity contribution in [3.8, 4) is 39.9 Å². The van der Waals surface area contributed by atoms with Gasteiger partial charge in [-0.25, -0.2) is 4.98 Å². The molecule has 0 aliphatic heterocycles. The number of nitrogens with zero attached hydrogens (tertiary/aromatic N) is 4. The summed E-state index contributed by atoms with van der Waals surface area (Å²) in [6.45, 7) is 0. The fourth-order valence-electron chi connectivity index (χ4n) is 6.84. The van der Waals surface area contributed by atoms with Gasteiger partial charge in [-0.1, -0.05) is 97.1 Å². The molecule has 0 spiro atoms. The fraction of sp³-hybridized carbons (Fsp3) is 0. The highest BCUT2D eigenvalue weighted by molar-refractivity contribution is 7.26. The van der Waals surface area contributed by atoms with Gasteiger partial charge in [0, 0.05) is 42.1 Å². The Balaban J connectivity index is 1.40. The molecule has 10 rings (SSSR count). The molecule has 1 aliphatic carbocycles. The molecule has 0 bridgehead atoms. The molecule has 0 N–H and O–H groups in total. The molecular weight excluding hydrogens is 533 g/mol. The standard InChI is InChI=1S/C37H20N4S/c1-3-9-22(10-4-1)35-38-36(23-11-5-2-6-12-23)40-37(39-35)41-26-16-8-15-25-24-14-7-13-21-17-19-28-33(30(21)24)34-29(42-28)20-18-27(41)32(34)31(25)26/h1-20H. The molecule has 3 heterocycles. The van der Waals surface area contributed by atoms with Crippen molar-refractivity contribution >= 4 is 64.1 Å². The largest absolute Gasteiger partial charge is 0.278 e. The van der Waals surface area contributed by atoms with Crippen LogP contribution in [0, 0.1) is 0 Å². The zero-order valence-electron chi connectivity index (χ0n) is 22.2. The molecule has 5 heteroatoms. The van der Waals surface area contributed by atoms with E-state index in [1.54, 1.807) is 0 Å². The highest BCUT2D eigenvalue weighted by Gasteiger charge is 2.26. The zero-order valence-corrected chi connectivity index (χ0v) is 23.1. The van der Waals surface area contributed by atoms with E-state index < -0.39 is 0 Å². The molecule has 0 saturated heterocycles. The second-order valence-electron chi connectivity index (χ2n) is 10.8. The minimum Gasteiger partial charge on any atom is -0.278 e. The van der Waals surface area contributed by atoms with E-state index >= 15 is 0 Å². The van der Waals surface area contributed by atoms with Crippen LogP contribution in [-0.2, 0) is 0 Å². The van der Waals surface area contributed by atoms with Gasteiger partial charge in [-0.3, -0.25) is 4.57 Å². The van der Waals surface area contributed by atoms with E-state index in [1.165, 1.54) is 52.8 Å². The minimum atomic E-state index is 0.623. The van der Waals surface area contributed by atoms with Crippen LogP contribution in [0.3, 0.4) is 0 Å². The highest BCUT2D eigenvalue weighted by Crippen LogP contribution is 2.51. The molecule has 0 atom stereocenters. The van der Waals surface area contributed by atoms with Crippen molar-refractivity contribution in [3.63, 3.8) is 0 Å². The second kappa shape index (κ2) is 8.09. The van der Waals surface area contributed by atoms with Crippen molar-refractivity contribution in [1.29, 1.82) is 0 Å². The monoisotopic (exact) mass is 552 g/mol. The Bertz CT molecular complexity index is 2500. The van der Waals surface area contributed by atoms with E-state index in [-0.39, 0.29) is 0 Å². The maximum absolute atomic E-state index is 5.13. The lowest BCUT2D eigenvalue weighted by molar-refractivity contribution is 0.954. The summed E-state index contributed by atoms with van der Waals surface area (Å²) >= 11 is 1.88. The van der Waals surface area contributed by atoms with Gasteiger partial charge in [0.15, 0.2) is 11.6 Å². The first-order chi connectivity index (χ1) is 20.8. The van der Waals surface area contributed by atoms with E-state index in [2.05, 4.69) is 89.5 Å². The molecule has 0 fully saturated rings. The molecule has 9 aromatic rings. The summed E-state index contributed by atoms with van der Waals surface area (Å²) in [6, 6.07) is 42.8. The number of hydrogen-bond acceptors (Lipinski definition) is 4. The number of hydrogen-bond donors (Lipinski definition) is 0. The number of aromatic nitrogens is 4. The van der Waals surface area contributed by atoms with Gasteiger partial charge in [-0.05, 0) is 46.2 Å². The van der Waals surface area contributed by atoms with Crippen molar-refractivity contribution in [2.75, 3.05) is 0 Å². The molecule has 4 nitrogen and oxygen atoms in total. The quantitative estimate of drug-likeness (QED) is 0.219. The van der Waals surface area contributed by atoms with E-state index in [0.717, 1.165) is 22.2 Å². The normalized spacial score (nSPS) is 12.3. The lowest BCUT2D eigenvalue weighted by atomic mass is 9.95. The molecule has 0 amide bonds. The van der Waals surface area contributed by atoms with Crippen molar-refractivity contribution in [1.82, 2.24) is 19.5 Å². The average molecular weight is 553 g/mol. The SMILES string of the molecule is c1ccc(-c2nc(-c3ccccc3)nc(-n3c4cccc5c4c4c6c(ccc43)sc3ccc4cccc-5c4c36)n2)cc1. The Labute approximate surface area is 244 Å². The third kappa shape index (κ3) is 2.88. The summed E-state index contributed by atoms with van der Waals surface area (Å²) in [5, 5.41) is 7.85. The van der Waals surface area contributed by atoms with E-state index in [0.29, 0.717) is 17.6 Å². The first-order valence-corrected chi connectivity index (χ1v) is 14.9. The summed E-state index contributed by atoms with van der Waals surface area (Å²) in [5.74, 6) is 1.94. The van der Waals surface area contributed by atoms with Gasteiger partial charge in [-0.15, -0.1) is 11.3 Å². The lowest BCUT2D eigenvalue weighted by Gasteiger charge is -2.12. The smallest absolute Gasteiger partial charge is 0.238 e. The summed E-state index contributed by atoms with van der Waals surface area (Å²) in [4.78, 5) is 15.2. The van der Waals surface area contributed by atoms with Gasteiger partial charge in [-0.2, -0.15) is 9.97 Å². The van der Waals surface area contributed by atoms with Gasteiger partial charge < -0.3 is 0 Å². The Morgan fingerprint density at radius 3 is 1.74 bits per heavy atom. The van der Waals surface area contributed by atoms with Crippen LogP contribution in [0.25, 0.3) is 92.6 Å². The van der Waals surface area contributed by atoms with E-state index in [4.69, 9.17) is 15.0 Å². The summed E-state index contributed by atoms with van der Waals surface area (Å²) in [6.07, 6.45) is 0. The van der Waals surface area contributed by atoms with Gasteiger partial charge in [0.2, 0.25) is 5.95 Å². The number of benzene rings is 6. The Morgan fingerprint density at radius 1 is 0.429 bits per heavy atom. The first kappa shape index (κ1) is 22.3. The molecular formula is C37H20N4S. The van der Waals surface area contributed by atoms with Gasteiger partial charge in [0.05, 0.1) is 11.0 Å². The number of thiophene rings is 1. The maximum atomic E-state index is 5.13. The lowest BCUT2D eigenvalue weighted by Crippen LogP contribution is -2.06. The van der Waals surface area contributed by atoms with Crippen LogP contribution < -0.4 is 0 Å². The second-order valence-corrected chi connectivity index (χ2v) is 11.9. The topological polar surface area (TPSA) is 43.6 Å². The Hall–Kier alpha value is -5.39. The molecule has 0 unspecified atom stereocenters. The van der Waals surface area contributed by atoms with Crippen LogP contribution in [0.2, 0.25) is 0 Å². The van der Waals surface area contributed by atoms with Crippen LogP contribution in [0.5, 0.6) is 0 Å². The van der Waals surface area contributed by atoms with Crippen LogP contribution in [0.15, 0.2) is 121 Å². The predicted octanol–water partition coefficient (Wildman–Crippen LogP) is 9.80. The molecule has 0 saturated carbocycles. The zero-order chi connectivity index (χ0) is 27.4. The number of fused-ring (bicyclic) bond motifs is 1. The molecule has 6 aromatic carbocycles. The molecule has 0 radical (unpaired) electrons. The molecule has 194 valence electrons. The predicted molar refractivity (Wildman–Crippen MR) is 174 cm³/mol. The van der Waals surface area contributed by atoms with Gasteiger partial charge >= 0.3 is 0 Å². The molecule has 42 heavy (non-hydrogen) atoms. The average Bonchev–Trinajstić information content (AvgIpc) is 3.56. The summed E-state index contributed by atoms with van der Waals surface area (Å²) in [5.41, 5.74) is 6.67. The minimum absolute atomic E-state index is 0.623. The van der Waals surface area contributed by atoms with Crippen molar-refractivity contribution < 1.29 is 0 Å². The van der Waals surface area contributed by atoms with E-state index in [9.17, 15) is 0 Å². The van der Waals surface area contributed by atoms with Crippen molar-refractivity contribution in [2.24, 2.45) is 0 Å². The maximum Gasteiger partial charge on any atom is 0.238 e. The Kier molecular flexibility index (Phi) is 4.30. The van der Waals surface area contributed by atoms with Crippen LogP contribution in [0.4, 0.5) is 0 Å². The van der Waals surface area contributed by atoms with Gasteiger partial charge in [0.1, 0.15) is 0 Å². The van der Waals surface area contributed by atoms with Crippen LogP contribution >= 0.6 is 11.3 Å². The third-order valence-corrected chi connectivity index (χ3v) is 9.69. The van der Waals surface area contributed by atoms with Crippen LogP contribution in [-0.4, -0.2) is 19.5 Å². The first-order valence-electron chi connectivity index (χ1n) is 14.1. The molecule has 1 aliphatic rings. The van der Waals surface area contributed by atoms with E-state index in [1.807, 2.05) is 47.7 Å². The van der Waals surface area contributed by atoms with Crippen molar-refractivity contribution in [3.05, 3.63) is 121 Å². The summed E-state index contributed by atoms with van der Waals surface area (Å²) in [7, 11) is 0. The van der Waals surface area contributed by atoms with Gasteiger partial charge in [0.25, 0.3) is 0 Å². The number of rotatable bonds is 3. The highest BCUT2D eigenvalue weighted by atomic mass is 32.1. The fourth-order valence-corrected chi connectivity index (χ4v) is 7.96.